The number of nitro groups is 1. The number of amides is 3. The molecule has 1 saturated heterocycles. The van der Waals surface area contributed by atoms with Crippen molar-refractivity contribution >= 4 is 46.3 Å². The van der Waals surface area contributed by atoms with Crippen molar-refractivity contribution in [2.45, 2.75) is 13.3 Å². The van der Waals surface area contributed by atoms with Gasteiger partial charge < -0.3 is 10.4 Å². The van der Waals surface area contributed by atoms with E-state index in [-0.39, 0.29) is 32.8 Å². The number of phenols is 1. The molecule has 1 aromatic carbocycles. The summed E-state index contributed by atoms with van der Waals surface area (Å²) in [6, 6.07) is 1.82. The molecule has 0 aliphatic carbocycles. The van der Waals surface area contributed by atoms with Crippen LogP contribution in [-0.4, -0.2) is 33.4 Å². The maximum Gasteiger partial charge on any atom is 0.329 e. The molecule has 116 valence electrons. The number of benzene rings is 1. The van der Waals surface area contributed by atoms with Crippen LogP contribution >= 0.6 is 22.6 Å². The van der Waals surface area contributed by atoms with Gasteiger partial charge in [0, 0.05) is 24.2 Å². The van der Waals surface area contributed by atoms with Gasteiger partial charge in [-0.2, -0.15) is 0 Å². The smallest absolute Gasteiger partial charge is 0.329 e. The molecule has 0 radical (unpaired) electrons. The lowest BCUT2D eigenvalue weighted by Crippen LogP contribution is -2.31. The van der Waals surface area contributed by atoms with Crippen molar-refractivity contribution < 1.29 is 19.6 Å². The van der Waals surface area contributed by atoms with Gasteiger partial charge in [-0.05, 0) is 35.1 Å². The van der Waals surface area contributed by atoms with E-state index < -0.39 is 16.9 Å². The van der Waals surface area contributed by atoms with E-state index in [1.165, 1.54) is 12.1 Å². The van der Waals surface area contributed by atoms with Gasteiger partial charge in [0.05, 0.1) is 8.49 Å². The van der Waals surface area contributed by atoms with Gasteiger partial charge in [0.15, 0.2) is 0 Å². The molecule has 8 nitrogen and oxygen atoms in total. The number of hydrogen-bond acceptors (Lipinski definition) is 5. The molecule has 0 saturated carbocycles. The Kier molecular flexibility index (Phi) is 4.64. The Hall–Kier alpha value is -2.17. The van der Waals surface area contributed by atoms with Crippen LogP contribution in [0, 0.1) is 13.7 Å². The molecule has 0 spiro atoms. The number of urea groups is 1. The number of carbonyl (C=O) groups excluding carboxylic acids is 2. The van der Waals surface area contributed by atoms with E-state index in [0.29, 0.717) is 6.42 Å². The zero-order valence-corrected chi connectivity index (χ0v) is 13.7. The van der Waals surface area contributed by atoms with Crippen molar-refractivity contribution in [3.63, 3.8) is 0 Å². The van der Waals surface area contributed by atoms with E-state index in [0.717, 1.165) is 11.0 Å². The Morgan fingerprint density at radius 1 is 1.45 bits per heavy atom. The van der Waals surface area contributed by atoms with Crippen molar-refractivity contribution in [2.24, 2.45) is 0 Å². The van der Waals surface area contributed by atoms with Gasteiger partial charge in [0.1, 0.15) is 11.4 Å². The molecule has 0 bridgehead atoms. The molecule has 0 aromatic heterocycles. The first-order valence-corrected chi connectivity index (χ1v) is 7.44. The van der Waals surface area contributed by atoms with Crippen LogP contribution in [0.4, 0.5) is 10.5 Å². The van der Waals surface area contributed by atoms with Gasteiger partial charge in [-0.25, -0.2) is 4.79 Å². The lowest BCUT2D eigenvalue weighted by Gasteiger charge is -2.08. The second-order valence-electron chi connectivity index (χ2n) is 4.57. The maximum absolute atomic E-state index is 12.1. The molecular weight excluding hydrogens is 405 g/mol. The van der Waals surface area contributed by atoms with Crippen LogP contribution in [0.5, 0.6) is 5.75 Å². The Morgan fingerprint density at radius 2 is 2.14 bits per heavy atom. The summed E-state index contributed by atoms with van der Waals surface area (Å²) in [5.41, 5.74) is -0.137. The van der Waals surface area contributed by atoms with Crippen LogP contribution < -0.4 is 5.32 Å². The number of nitrogens with zero attached hydrogens (tertiary/aromatic N) is 2. The van der Waals surface area contributed by atoms with Gasteiger partial charge in [-0.3, -0.25) is 19.8 Å². The molecule has 0 atom stereocenters. The molecule has 0 unspecified atom stereocenters. The summed E-state index contributed by atoms with van der Waals surface area (Å²) in [4.78, 5) is 35.1. The standard InChI is InChI=1S/C13H12IN3O5/c1-2-3-16-12(19)10(15-13(16)20)5-7-4-8(17(21)22)6-9(14)11(7)18/h4-6,18H,2-3H2,1H3,(H,15,20)/b10-5+. The predicted octanol–water partition coefficient (Wildman–Crippen LogP) is 2.21. The fourth-order valence-electron chi connectivity index (χ4n) is 1.97. The van der Waals surface area contributed by atoms with Gasteiger partial charge in [-0.15, -0.1) is 0 Å². The number of hydrogen-bond donors (Lipinski definition) is 2. The highest BCUT2D eigenvalue weighted by atomic mass is 127. The summed E-state index contributed by atoms with van der Waals surface area (Å²) < 4.78 is 0.279. The Morgan fingerprint density at radius 3 is 2.73 bits per heavy atom. The SMILES string of the molecule is CCCN1C(=O)N/C(=C/c2cc([N+](=O)[O-])cc(I)c2O)C1=O. The molecule has 2 N–H and O–H groups in total. The average molecular weight is 417 g/mol. The Bertz CT molecular complexity index is 701. The molecule has 22 heavy (non-hydrogen) atoms. The van der Waals surface area contributed by atoms with E-state index in [1.54, 1.807) is 22.6 Å². The lowest BCUT2D eigenvalue weighted by atomic mass is 10.1. The third kappa shape index (κ3) is 3.03. The van der Waals surface area contributed by atoms with Gasteiger partial charge in [0.2, 0.25) is 0 Å². The first-order valence-electron chi connectivity index (χ1n) is 6.36. The number of imide groups is 1. The molecule has 9 heteroatoms. The first kappa shape index (κ1) is 16.2. The van der Waals surface area contributed by atoms with E-state index in [1.807, 2.05) is 6.92 Å². The summed E-state index contributed by atoms with van der Waals surface area (Å²) in [6.45, 7) is 2.11. The highest BCUT2D eigenvalue weighted by molar-refractivity contribution is 14.1. The van der Waals surface area contributed by atoms with E-state index in [2.05, 4.69) is 5.32 Å². The van der Waals surface area contributed by atoms with Crippen molar-refractivity contribution in [3.8, 4) is 5.75 Å². The van der Waals surface area contributed by atoms with Gasteiger partial charge in [-0.1, -0.05) is 6.92 Å². The zero-order chi connectivity index (χ0) is 16.4. The number of carbonyl (C=O) groups is 2. The number of halogens is 1. The number of aromatic hydroxyl groups is 1. The van der Waals surface area contributed by atoms with E-state index in [9.17, 15) is 24.8 Å². The number of phenolic OH excluding ortho intramolecular Hbond substituents is 1. The van der Waals surface area contributed by atoms with Crippen LogP contribution in [-0.2, 0) is 4.79 Å². The number of nitrogens with one attached hydrogen (secondary N) is 1. The minimum absolute atomic E-state index is 0.0231. The summed E-state index contributed by atoms with van der Waals surface area (Å²) >= 11 is 1.76. The second kappa shape index (κ2) is 6.30. The fourth-order valence-corrected chi connectivity index (χ4v) is 2.61. The van der Waals surface area contributed by atoms with Crippen LogP contribution in [0.1, 0.15) is 18.9 Å². The first-order chi connectivity index (χ1) is 10.3. The minimum Gasteiger partial charge on any atom is -0.506 e. The quantitative estimate of drug-likeness (QED) is 0.257. The van der Waals surface area contributed by atoms with Crippen LogP contribution in [0.2, 0.25) is 0 Å². The Labute approximate surface area is 139 Å². The van der Waals surface area contributed by atoms with Crippen molar-refractivity contribution in [2.75, 3.05) is 6.54 Å². The Balaban J connectivity index is 2.44. The van der Waals surface area contributed by atoms with Crippen molar-refractivity contribution in [1.29, 1.82) is 0 Å². The number of rotatable bonds is 4. The summed E-state index contributed by atoms with van der Waals surface area (Å²) in [6.07, 6.45) is 1.85. The fraction of sp³-hybridized carbons (Fsp3) is 0.231. The topological polar surface area (TPSA) is 113 Å². The average Bonchev–Trinajstić information content (AvgIpc) is 2.71. The largest absolute Gasteiger partial charge is 0.506 e. The number of nitro benzene ring substituents is 1. The number of non-ortho nitro benzene ring substituents is 1. The summed E-state index contributed by atoms with van der Waals surface area (Å²) in [5.74, 6) is -0.706. The van der Waals surface area contributed by atoms with E-state index in [4.69, 9.17) is 0 Å². The van der Waals surface area contributed by atoms with Gasteiger partial charge >= 0.3 is 6.03 Å². The molecule has 2 rings (SSSR count). The van der Waals surface area contributed by atoms with E-state index >= 15 is 0 Å². The van der Waals surface area contributed by atoms with Crippen LogP contribution in [0.15, 0.2) is 17.8 Å². The second-order valence-corrected chi connectivity index (χ2v) is 5.73. The van der Waals surface area contributed by atoms with Crippen molar-refractivity contribution in [3.05, 3.63) is 37.1 Å². The molecule has 1 aliphatic heterocycles. The molecule has 1 fully saturated rings. The molecule has 1 aromatic rings. The third-order valence-corrected chi connectivity index (χ3v) is 3.82. The zero-order valence-electron chi connectivity index (χ0n) is 11.5. The lowest BCUT2D eigenvalue weighted by molar-refractivity contribution is -0.385. The summed E-state index contributed by atoms with van der Waals surface area (Å²) in [5, 5.41) is 23.2. The molecule has 1 heterocycles. The third-order valence-electron chi connectivity index (χ3n) is 3.00. The molecule has 3 amide bonds. The maximum atomic E-state index is 12.1. The van der Waals surface area contributed by atoms with Crippen molar-refractivity contribution in [1.82, 2.24) is 10.2 Å². The molecular formula is C13H12IN3O5. The molecule has 1 aliphatic rings. The van der Waals surface area contributed by atoms with Gasteiger partial charge in [0.25, 0.3) is 11.6 Å². The highest BCUT2D eigenvalue weighted by Gasteiger charge is 2.33. The van der Waals surface area contributed by atoms with Crippen LogP contribution in [0.3, 0.4) is 0 Å². The summed E-state index contributed by atoms with van der Waals surface area (Å²) in [7, 11) is 0. The monoisotopic (exact) mass is 417 g/mol. The predicted molar refractivity (Wildman–Crippen MR) is 86.0 cm³/mol. The van der Waals surface area contributed by atoms with Crippen LogP contribution in [0.25, 0.3) is 6.08 Å². The highest BCUT2D eigenvalue weighted by Crippen LogP contribution is 2.31. The normalized spacial score (nSPS) is 16.3. The minimum atomic E-state index is -0.595.